The van der Waals surface area contributed by atoms with Gasteiger partial charge in [-0.05, 0) is 12.5 Å². The van der Waals surface area contributed by atoms with E-state index in [-0.39, 0.29) is 5.82 Å². The van der Waals surface area contributed by atoms with Gasteiger partial charge in [-0.15, -0.1) is 0 Å². The number of anilines is 1. The molecule has 0 fully saturated rings. The molecule has 0 saturated heterocycles. The second kappa shape index (κ2) is 5.20. The molecule has 0 aromatic carbocycles. The number of aromatic nitrogens is 5. The fraction of sp³-hybridized carbons (Fsp3) is 0.231. The van der Waals surface area contributed by atoms with Gasteiger partial charge in [0.1, 0.15) is 6.33 Å². The molecule has 0 spiro atoms. The van der Waals surface area contributed by atoms with E-state index >= 15 is 0 Å². The lowest BCUT2D eigenvalue weighted by Gasteiger charge is -2.09. The van der Waals surface area contributed by atoms with Crippen LogP contribution in [0.4, 0.5) is 10.2 Å². The summed E-state index contributed by atoms with van der Waals surface area (Å²) in [5.41, 5.74) is 2.03. The summed E-state index contributed by atoms with van der Waals surface area (Å²) in [6, 6.07) is 3.64. The van der Waals surface area contributed by atoms with Crippen molar-refractivity contribution in [2.45, 2.75) is 19.9 Å². The Kier molecular flexibility index (Phi) is 3.24. The Morgan fingerprint density at radius 3 is 2.95 bits per heavy atom. The van der Waals surface area contributed by atoms with Crippen molar-refractivity contribution < 1.29 is 4.39 Å². The summed E-state index contributed by atoms with van der Waals surface area (Å²) >= 11 is 0. The van der Waals surface area contributed by atoms with Crippen molar-refractivity contribution in [2.75, 3.05) is 5.32 Å². The zero-order valence-corrected chi connectivity index (χ0v) is 10.9. The monoisotopic (exact) mass is 272 g/mol. The van der Waals surface area contributed by atoms with Gasteiger partial charge in [-0.1, -0.05) is 6.92 Å². The molecule has 0 unspecified atom stereocenters. The first kappa shape index (κ1) is 12.5. The van der Waals surface area contributed by atoms with E-state index in [4.69, 9.17) is 0 Å². The fourth-order valence-corrected chi connectivity index (χ4v) is 1.97. The van der Waals surface area contributed by atoms with Crippen LogP contribution in [-0.2, 0) is 13.0 Å². The van der Waals surface area contributed by atoms with Gasteiger partial charge in [0, 0.05) is 12.3 Å². The van der Waals surface area contributed by atoms with Crippen molar-refractivity contribution in [1.29, 1.82) is 0 Å². The lowest BCUT2D eigenvalue weighted by molar-refractivity contribution is 0.596. The van der Waals surface area contributed by atoms with Gasteiger partial charge in [-0.25, -0.2) is 23.9 Å². The third kappa shape index (κ3) is 2.18. The quantitative estimate of drug-likeness (QED) is 0.784. The lowest BCUT2D eigenvalue weighted by Crippen LogP contribution is -2.10. The first-order valence-corrected chi connectivity index (χ1v) is 6.30. The van der Waals surface area contributed by atoms with Gasteiger partial charge < -0.3 is 5.32 Å². The minimum absolute atomic E-state index is 0.203. The maximum atomic E-state index is 14.0. The third-order valence-electron chi connectivity index (χ3n) is 3.00. The second-order valence-corrected chi connectivity index (χ2v) is 4.23. The average Bonchev–Trinajstić information content (AvgIpc) is 2.95. The SMILES string of the molecule is CCc1ncnc(NCc2ccnc3ccnn23)c1F. The standard InChI is InChI=1S/C13H13FN6/c1-2-10-12(14)13(18-8-17-10)16-7-9-3-5-15-11-4-6-19-20(9)11/h3-6,8H,2,7H2,1H3,(H,16,17,18). The molecule has 0 aliphatic carbocycles. The fourth-order valence-electron chi connectivity index (χ4n) is 1.97. The van der Waals surface area contributed by atoms with Gasteiger partial charge >= 0.3 is 0 Å². The van der Waals surface area contributed by atoms with Crippen LogP contribution < -0.4 is 5.32 Å². The van der Waals surface area contributed by atoms with Crippen molar-refractivity contribution in [3.63, 3.8) is 0 Å². The highest BCUT2D eigenvalue weighted by Crippen LogP contribution is 2.14. The maximum absolute atomic E-state index is 14.0. The molecule has 3 heterocycles. The Balaban J connectivity index is 1.85. The van der Waals surface area contributed by atoms with Gasteiger partial charge in [0.2, 0.25) is 0 Å². The molecule has 20 heavy (non-hydrogen) atoms. The predicted molar refractivity (Wildman–Crippen MR) is 71.7 cm³/mol. The zero-order valence-electron chi connectivity index (χ0n) is 10.9. The normalized spacial score (nSPS) is 10.9. The Hall–Kier alpha value is -2.57. The molecule has 0 aliphatic heterocycles. The minimum atomic E-state index is -0.402. The van der Waals surface area contributed by atoms with Gasteiger partial charge in [0.15, 0.2) is 17.3 Å². The molecule has 3 rings (SSSR count). The molecule has 1 N–H and O–H groups in total. The summed E-state index contributed by atoms with van der Waals surface area (Å²) in [5.74, 6) is -0.199. The van der Waals surface area contributed by atoms with E-state index in [1.165, 1.54) is 6.33 Å². The highest BCUT2D eigenvalue weighted by Gasteiger charge is 2.10. The van der Waals surface area contributed by atoms with E-state index in [1.54, 1.807) is 16.9 Å². The smallest absolute Gasteiger partial charge is 0.186 e. The van der Waals surface area contributed by atoms with Gasteiger partial charge in [0.05, 0.1) is 24.1 Å². The molecule has 0 bridgehead atoms. The van der Waals surface area contributed by atoms with Crippen LogP contribution in [0, 0.1) is 5.82 Å². The van der Waals surface area contributed by atoms with Gasteiger partial charge in [0.25, 0.3) is 0 Å². The maximum Gasteiger partial charge on any atom is 0.186 e. The molecule has 102 valence electrons. The lowest BCUT2D eigenvalue weighted by atomic mass is 10.3. The molecule has 0 saturated carbocycles. The van der Waals surface area contributed by atoms with E-state index in [0.717, 1.165) is 11.3 Å². The van der Waals surface area contributed by atoms with Crippen LogP contribution in [0.1, 0.15) is 18.3 Å². The van der Waals surface area contributed by atoms with Gasteiger partial charge in [-0.3, -0.25) is 0 Å². The molecule has 0 radical (unpaired) electrons. The highest BCUT2D eigenvalue weighted by molar-refractivity contribution is 5.40. The number of rotatable bonds is 4. The molecule has 3 aromatic heterocycles. The Morgan fingerprint density at radius 1 is 1.20 bits per heavy atom. The Bertz CT molecular complexity index is 739. The third-order valence-corrected chi connectivity index (χ3v) is 3.00. The summed E-state index contributed by atoms with van der Waals surface area (Å²) in [5, 5.41) is 7.15. The van der Waals surface area contributed by atoms with E-state index in [0.29, 0.717) is 18.7 Å². The second-order valence-electron chi connectivity index (χ2n) is 4.23. The van der Waals surface area contributed by atoms with Crippen LogP contribution in [0.15, 0.2) is 30.9 Å². The zero-order chi connectivity index (χ0) is 13.9. The van der Waals surface area contributed by atoms with Crippen LogP contribution in [0.5, 0.6) is 0 Å². The summed E-state index contributed by atoms with van der Waals surface area (Å²) < 4.78 is 15.7. The van der Waals surface area contributed by atoms with Crippen LogP contribution in [0.25, 0.3) is 5.65 Å². The molecule has 0 atom stereocenters. The van der Waals surface area contributed by atoms with Crippen molar-refractivity contribution in [2.24, 2.45) is 0 Å². The number of halogens is 1. The molecule has 7 heteroatoms. The Morgan fingerprint density at radius 2 is 2.10 bits per heavy atom. The predicted octanol–water partition coefficient (Wildman–Crippen LogP) is 1.83. The van der Waals surface area contributed by atoms with Crippen LogP contribution >= 0.6 is 0 Å². The first-order valence-electron chi connectivity index (χ1n) is 6.30. The van der Waals surface area contributed by atoms with Crippen LogP contribution in [0.3, 0.4) is 0 Å². The highest BCUT2D eigenvalue weighted by atomic mass is 19.1. The Labute approximate surface area is 114 Å². The molecule has 3 aromatic rings. The average molecular weight is 272 g/mol. The molecular weight excluding hydrogens is 259 g/mol. The summed E-state index contributed by atoms with van der Waals surface area (Å²) in [6.07, 6.45) is 5.26. The number of hydrogen-bond acceptors (Lipinski definition) is 5. The van der Waals surface area contributed by atoms with E-state index in [2.05, 4.69) is 25.4 Å². The molecule has 0 aliphatic rings. The molecule has 6 nitrogen and oxygen atoms in total. The minimum Gasteiger partial charge on any atom is -0.362 e. The van der Waals surface area contributed by atoms with Crippen molar-refractivity contribution in [1.82, 2.24) is 24.6 Å². The van der Waals surface area contributed by atoms with Crippen molar-refractivity contribution in [3.05, 3.63) is 48.1 Å². The van der Waals surface area contributed by atoms with Crippen LogP contribution in [0.2, 0.25) is 0 Å². The van der Waals surface area contributed by atoms with Crippen molar-refractivity contribution in [3.8, 4) is 0 Å². The van der Waals surface area contributed by atoms with E-state index in [9.17, 15) is 4.39 Å². The summed E-state index contributed by atoms with van der Waals surface area (Å²) in [6.45, 7) is 2.25. The number of nitrogens with one attached hydrogen (secondary N) is 1. The number of fused-ring (bicyclic) bond motifs is 1. The number of nitrogens with zero attached hydrogens (tertiary/aromatic N) is 5. The van der Waals surface area contributed by atoms with E-state index < -0.39 is 5.82 Å². The van der Waals surface area contributed by atoms with Crippen LogP contribution in [-0.4, -0.2) is 24.6 Å². The first-order chi connectivity index (χ1) is 9.79. The topological polar surface area (TPSA) is 68.0 Å². The molecular formula is C13H13FN6. The number of aryl methyl sites for hydroxylation is 1. The molecule has 0 amide bonds. The summed E-state index contributed by atoms with van der Waals surface area (Å²) in [7, 11) is 0. The van der Waals surface area contributed by atoms with Gasteiger partial charge in [-0.2, -0.15) is 5.10 Å². The summed E-state index contributed by atoms with van der Waals surface area (Å²) in [4.78, 5) is 12.0. The number of hydrogen-bond donors (Lipinski definition) is 1. The largest absolute Gasteiger partial charge is 0.362 e. The van der Waals surface area contributed by atoms with Crippen molar-refractivity contribution >= 4 is 11.5 Å². The van der Waals surface area contributed by atoms with E-state index in [1.807, 2.05) is 19.1 Å².